The normalized spacial score (nSPS) is 15.5. The maximum absolute atomic E-state index is 12.9. The average Bonchev–Trinajstić information content (AvgIpc) is 3.26. The standard InChI is InChI=1S/C21H15NO3S3/c1-24-17-10-6-5-9-16(17)22-20(23)18(28-21(22)26)13-14-11-12-19(25-14)27-15-7-3-2-4-8-15/h2-13H,1H3/b18-13-. The molecule has 7 heteroatoms. The zero-order valence-electron chi connectivity index (χ0n) is 14.8. The lowest BCUT2D eigenvalue weighted by Gasteiger charge is -2.17. The molecule has 1 saturated heterocycles. The molecule has 0 unspecified atom stereocenters. The van der Waals surface area contributed by atoms with Gasteiger partial charge in [0.25, 0.3) is 5.91 Å². The molecule has 140 valence electrons. The van der Waals surface area contributed by atoms with Gasteiger partial charge < -0.3 is 9.15 Å². The second-order valence-corrected chi connectivity index (χ2v) is 8.51. The molecule has 0 N–H and O–H groups in total. The van der Waals surface area contributed by atoms with Crippen molar-refractivity contribution in [3.63, 3.8) is 0 Å². The predicted molar refractivity (Wildman–Crippen MR) is 118 cm³/mol. The van der Waals surface area contributed by atoms with Gasteiger partial charge in [-0.25, -0.2) is 0 Å². The zero-order valence-corrected chi connectivity index (χ0v) is 17.3. The molecule has 1 amide bonds. The number of nitrogens with zero attached hydrogens (tertiary/aromatic N) is 1. The fourth-order valence-electron chi connectivity index (χ4n) is 2.69. The molecule has 3 aromatic rings. The van der Waals surface area contributed by atoms with Crippen molar-refractivity contribution in [3.8, 4) is 5.75 Å². The highest BCUT2D eigenvalue weighted by Crippen LogP contribution is 2.40. The van der Waals surface area contributed by atoms with Gasteiger partial charge in [0.1, 0.15) is 11.5 Å². The number of para-hydroxylation sites is 2. The molecule has 4 nitrogen and oxygen atoms in total. The summed E-state index contributed by atoms with van der Waals surface area (Å²) in [5, 5.41) is 0.762. The second kappa shape index (κ2) is 8.26. The van der Waals surface area contributed by atoms with Gasteiger partial charge in [0.05, 0.1) is 17.7 Å². The minimum absolute atomic E-state index is 0.187. The van der Waals surface area contributed by atoms with Gasteiger partial charge in [0.2, 0.25) is 0 Å². The number of ether oxygens (including phenoxy) is 1. The molecule has 0 bridgehead atoms. The molecule has 1 aliphatic heterocycles. The summed E-state index contributed by atoms with van der Waals surface area (Å²) in [5.74, 6) is 1.02. The van der Waals surface area contributed by atoms with Crippen molar-refractivity contribution >= 4 is 57.7 Å². The van der Waals surface area contributed by atoms with Crippen molar-refractivity contribution in [1.82, 2.24) is 0 Å². The Morgan fingerprint density at radius 1 is 1.07 bits per heavy atom. The van der Waals surface area contributed by atoms with E-state index in [-0.39, 0.29) is 5.91 Å². The third-order valence-electron chi connectivity index (χ3n) is 3.96. The molecule has 4 rings (SSSR count). The molecule has 0 atom stereocenters. The number of thioether (sulfide) groups is 1. The molecule has 0 radical (unpaired) electrons. The molecular formula is C21H15NO3S3. The van der Waals surface area contributed by atoms with Crippen LogP contribution in [0.5, 0.6) is 5.75 Å². The fraction of sp³-hybridized carbons (Fsp3) is 0.0476. The van der Waals surface area contributed by atoms with Crippen LogP contribution in [0.2, 0.25) is 0 Å². The SMILES string of the molecule is COc1ccccc1N1C(=O)/C(=C/c2ccc(Sc3ccccc3)o2)SC1=S. The number of hydrogen-bond donors (Lipinski definition) is 0. The quantitative estimate of drug-likeness (QED) is 0.378. The lowest BCUT2D eigenvalue weighted by Crippen LogP contribution is -2.27. The number of thiocarbonyl (C=S) groups is 1. The Kier molecular flexibility index (Phi) is 5.57. The van der Waals surface area contributed by atoms with Gasteiger partial charge in [-0.1, -0.05) is 66.1 Å². The summed E-state index contributed by atoms with van der Waals surface area (Å²) in [6.45, 7) is 0. The average molecular weight is 426 g/mol. The maximum Gasteiger partial charge on any atom is 0.271 e. The molecule has 1 fully saturated rings. The predicted octanol–water partition coefficient (Wildman–Crippen LogP) is 5.85. The molecule has 2 aromatic carbocycles. The van der Waals surface area contributed by atoms with Crippen LogP contribution in [-0.2, 0) is 4.79 Å². The highest BCUT2D eigenvalue weighted by molar-refractivity contribution is 8.27. The lowest BCUT2D eigenvalue weighted by molar-refractivity contribution is -0.113. The minimum atomic E-state index is -0.187. The van der Waals surface area contributed by atoms with E-state index in [1.807, 2.05) is 60.7 Å². The number of rotatable bonds is 5. The Morgan fingerprint density at radius 3 is 2.61 bits per heavy atom. The number of amides is 1. The molecule has 2 heterocycles. The van der Waals surface area contributed by atoms with Gasteiger partial charge in [-0.15, -0.1) is 0 Å². The third-order valence-corrected chi connectivity index (χ3v) is 6.19. The Balaban J connectivity index is 1.56. The van der Waals surface area contributed by atoms with E-state index >= 15 is 0 Å². The largest absolute Gasteiger partial charge is 0.495 e. The van der Waals surface area contributed by atoms with Crippen LogP contribution in [0.15, 0.2) is 86.0 Å². The summed E-state index contributed by atoms with van der Waals surface area (Å²) in [4.78, 5) is 16.0. The number of carbonyl (C=O) groups is 1. The first-order valence-electron chi connectivity index (χ1n) is 8.39. The first kappa shape index (κ1) is 18.9. The van der Waals surface area contributed by atoms with Crippen molar-refractivity contribution in [2.75, 3.05) is 12.0 Å². The first-order chi connectivity index (χ1) is 13.7. The van der Waals surface area contributed by atoms with Crippen LogP contribution in [0.1, 0.15) is 5.76 Å². The summed E-state index contributed by atoms with van der Waals surface area (Å²) in [5.41, 5.74) is 0.635. The molecule has 0 spiro atoms. The molecule has 0 saturated carbocycles. The van der Waals surface area contributed by atoms with Gasteiger partial charge in [-0.2, -0.15) is 0 Å². The minimum Gasteiger partial charge on any atom is -0.495 e. The number of benzene rings is 2. The number of carbonyl (C=O) groups excluding carboxylic acids is 1. The van der Waals surface area contributed by atoms with Crippen LogP contribution in [-0.4, -0.2) is 17.3 Å². The highest BCUT2D eigenvalue weighted by atomic mass is 32.2. The topological polar surface area (TPSA) is 42.7 Å². The summed E-state index contributed by atoms with van der Waals surface area (Å²) in [6.07, 6.45) is 1.73. The van der Waals surface area contributed by atoms with Crippen LogP contribution in [0, 0.1) is 0 Å². The molecule has 1 aliphatic rings. The van der Waals surface area contributed by atoms with E-state index in [1.165, 1.54) is 28.4 Å². The van der Waals surface area contributed by atoms with E-state index in [2.05, 4.69) is 0 Å². The van der Waals surface area contributed by atoms with Gasteiger partial charge in [-0.3, -0.25) is 9.69 Å². The molecule has 0 aliphatic carbocycles. The van der Waals surface area contributed by atoms with Crippen molar-refractivity contribution < 1.29 is 13.9 Å². The van der Waals surface area contributed by atoms with Crippen molar-refractivity contribution in [2.45, 2.75) is 9.99 Å². The van der Waals surface area contributed by atoms with E-state index < -0.39 is 0 Å². The smallest absolute Gasteiger partial charge is 0.271 e. The summed E-state index contributed by atoms with van der Waals surface area (Å²) in [6, 6.07) is 21.0. The van der Waals surface area contributed by atoms with Crippen LogP contribution in [0.3, 0.4) is 0 Å². The van der Waals surface area contributed by atoms with Crippen LogP contribution < -0.4 is 9.64 Å². The number of furan rings is 1. The van der Waals surface area contributed by atoms with Gasteiger partial charge in [0, 0.05) is 11.0 Å². The maximum atomic E-state index is 12.9. The monoisotopic (exact) mass is 425 g/mol. The number of methoxy groups -OCH3 is 1. The van der Waals surface area contributed by atoms with E-state index in [9.17, 15) is 4.79 Å². The zero-order chi connectivity index (χ0) is 19.5. The second-order valence-electron chi connectivity index (χ2n) is 5.76. The van der Waals surface area contributed by atoms with E-state index in [4.69, 9.17) is 21.4 Å². The van der Waals surface area contributed by atoms with Crippen LogP contribution in [0.4, 0.5) is 5.69 Å². The third kappa shape index (κ3) is 3.87. The van der Waals surface area contributed by atoms with Crippen molar-refractivity contribution in [3.05, 3.63) is 77.4 Å². The summed E-state index contributed by atoms with van der Waals surface area (Å²) in [7, 11) is 1.57. The summed E-state index contributed by atoms with van der Waals surface area (Å²) < 4.78 is 11.7. The Bertz CT molecular complexity index is 1060. The van der Waals surface area contributed by atoms with Crippen LogP contribution >= 0.6 is 35.7 Å². The van der Waals surface area contributed by atoms with Gasteiger partial charge in [0.15, 0.2) is 9.41 Å². The fourth-order valence-corrected chi connectivity index (χ4v) is 4.76. The Labute approximate surface area is 176 Å². The molecule has 1 aromatic heterocycles. The van der Waals surface area contributed by atoms with Crippen molar-refractivity contribution in [1.29, 1.82) is 0 Å². The number of hydrogen-bond acceptors (Lipinski definition) is 6. The Morgan fingerprint density at radius 2 is 1.82 bits per heavy atom. The van der Waals surface area contributed by atoms with Gasteiger partial charge >= 0.3 is 0 Å². The molecular weight excluding hydrogens is 410 g/mol. The van der Waals surface area contributed by atoms with E-state index in [0.717, 1.165) is 9.99 Å². The van der Waals surface area contributed by atoms with E-state index in [0.29, 0.717) is 26.4 Å². The van der Waals surface area contributed by atoms with Crippen LogP contribution in [0.25, 0.3) is 6.08 Å². The lowest BCUT2D eigenvalue weighted by atomic mass is 10.2. The van der Waals surface area contributed by atoms with Crippen molar-refractivity contribution in [2.24, 2.45) is 0 Å². The Hall–Kier alpha value is -2.48. The summed E-state index contributed by atoms with van der Waals surface area (Å²) >= 11 is 8.21. The first-order valence-corrected chi connectivity index (χ1v) is 10.4. The van der Waals surface area contributed by atoms with E-state index in [1.54, 1.807) is 19.3 Å². The van der Waals surface area contributed by atoms with Gasteiger partial charge in [-0.05, 0) is 36.4 Å². The highest BCUT2D eigenvalue weighted by Gasteiger charge is 2.35. The molecule has 28 heavy (non-hydrogen) atoms. The number of anilines is 1.